The molecule has 1 aromatic heterocycles. The number of hydrogen-bond donors (Lipinski definition) is 1. The zero-order valence-corrected chi connectivity index (χ0v) is 17.7. The molecule has 0 atom stereocenters. The van der Waals surface area contributed by atoms with Gasteiger partial charge in [-0.1, -0.05) is 42.5 Å². The van der Waals surface area contributed by atoms with Crippen LogP contribution in [0.2, 0.25) is 0 Å². The highest BCUT2D eigenvalue weighted by Gasteiger charge is 2.31. The summed E-state index contributed by atoms with van der Waals surface area (Å²) >= 11 is 0. The van der Waals surface area contributed by atoms with Crippen molar-refractivity contribution < 1.29 is 22.4 Å². The Kier molecular flexibility index (Phi) is 5.12. The van der Waals surface area contributed by atoms with E-state index in [0.29, 0.717) is 27.9 Å². The van der Waals surface area contributed by atoms with Gasteiger partial charge in [-0.3, -0.25) is 4.79 Å². The standard InChI is InChI=1S/C27H17F4N2O/c28-22-14-19(27(29,30)31)11-9-18(22)15-33-23-8-4-7-21(26(32)34)25(23)20-12-10-17(13-24(20)33)16-5-2-1-3-6-16/h1-11,13-14H,15H2,(H2,32,34). The Morgan fingerprint density at radius 2 is 1.68 bits per heavy atom. The van der Waals surface area contributed by atoms with E-state index in [1.807, 2.05) is 36.4 Å². The van der Waals surface area contributed by atoms with Crippen molar-refractivity contribution in [3.05, 3.63) is 107 Å². The summed E-state index contributed by atoms with van der Waals surface area (Å²) in [7, 11) is 0. The fourth-order valence-electron chi connectivity index (χ4n) is 4.25. The maximum atomic E-state index is 14.7. The normalized spacial score (nSPS) is 11.9. The lowest BCUT2D eigenvalue weighted by Gasteiger charge is -2.12. The van der Waals surface area contributed by atoms with Gasteiger partial charge < -0.3 is 10.3 Å². The Balaban J connectivity index is 1.75. The van der Waals surface area contributed by atoms with Gasteiger partial charge >= 0.3 is 6.18 Å². The van der Waals surface area contributed by atoms with Gasteiger partial charge in [-0.05, 0) is 53.6 Å². The molecule has 0 unspecified atom stereocenters. The lowest BCUT2D eigenvalue weighted by atomic mass is 10.0. The molecule has 4 aromatic carbocycles. The van der Waals surface area contributed by atoms with Gasteiger partial charge in [0.25, 0.3) is 0 Å². The molecule has 0 spiro atoms. The number of nitrogens with zero attached hydrogens (tertiary/aromatic N) is 1. The second kappa shape index (κ2) is 8.02. The van der Waals surface area contributed by atoms with Gasteiger partial charge in [0.1, 0.15) is 5.82 Å². The Labute approximate surface area is 192 Å². The first-order valence-corrected chi connectivity index (χ1v) is 10.4. The molecule has 1 amide bonds. The smallest absolute Gasteiger partial charge is 0.366 e. The summed E-state index contributed by atoms with van der Waals surface area (Å²) in [5.41, 5.74) is 7.98. The molecular weight excluding hydrogens is 444 g/mol. The highest BCUT2D eigenvalue weighted by atomic mass is 19.4. The highest BCUT2D eigenvalue weighted by Crippen LogP contribution is 2.36. The van der Waals surface area contributed by atoms with Gasteiger partial charge in [-0.25, -0.2) is 4.39 Å². The molecule has 169 valence electrons. The van der Waals surface area contributed by atoms with Crippen molar-refractivity contribution in [1.29, 1.82) is 0 Å². The Morgan fingerprint density at radius 3 is 2.35 bits per heavy atom. The van der Waals surface area contributed by atoms with Crippen LogP contribution in [0.5, 0.6) is 0 Å². The van der Waals surface area contributed by atoms with E-state index < -0.39 is 23.5 Å². The molecule has 7 heteroatoms. The van der Waals surface area contributed by atoms with Crippen molar-refractivity contribution in [3.8, 4) is 11.1 Å². The van der Waals surface area contributed by atoms with E-state index in [0.717, 1.165) is 23.3 Å². The topological polar surface area (TPSA) is 48.0 Å². The van der Waals surface area contributed by atoms with Crippen molar-refractivity contribution in [1.82, 2.24) is 4.57 Å². The number of hydrogen-bond acceptors (Lipinski definition) is 1. The molecule has 2 N–H and O–H groups in total. The predicted octanol–water partition coefficient (Wildman–Crippen LogP) is 6.57. The summed E-state index contributed by atoms with van der Waals surface area (Å²) in [5, 5.41) is 1.19. The summed E-state index contributed by atoms with van der Waals surface area (Å²) in [6, 6.07) is 24.0. The highest BCUT2D eigenvalue weighted by molar-refractivity contribution is 6.18. The third kappa shape index (κ3) is 3.69. The zero-order chi connectivity index (χ0) is 24.0. The number of primary amides is 1. The molecule has 1 radical (unpaired) electrons. The van der Waals surface area contributed by atoms with E-state index in [1.54, 1.807) is 28.8 Å². The third-order valence-electron chi connectivity index (χ3n) is 5.88. The Bertz CT molecular complexity index is 1550. The number of carbonyl (C=O) groups is 1. The molecule has 0 fully saturated rings. The van der Waals surface area contributed by atoms with Crippen LogP contribution in [-0.2, 0) is 12.7 Å². The second-order valence-corrected chi connectivity index (χ2v) is 7.97. The molecule has 0 aliphatic carbocycles. The lowest BCUT2D eigenvalue weighted by molar-refractivity contribution is -0.137. The lowest BCUT2D eigenvalue weighted by Crippen LogP contribution is -2.11. The summed E-state index contributed by atoms with van der Waals surface area (Å²) in [5.74, 6) is -1.58. The maximum Gasteiger partial charge on any atom is 0.416 e. The van der Waals surface area contributed by atoms with Crippen LogP contribution in [0.15, 0.2) is 78.9 Å². The van der Waals surface area contributed by atoms with Gasteiger partial charge in [0.2, 0.25) is 5.91 Å². The first-order chi connectivity index (χ1) is 16.2. The summed E-state index contributed by atoms with van der Waals surface area (Å²) < 4.78 is 55.5. The molecule has 3 nitrogen and oxygen atoms in total. The van der Waals surface area contributed by atoms with E-state index >= 15 is 0 Å². The minimum absolute atomic E-state index is 0.0434. The first-order valence-electron chi connectivity index (χ1n) is 10.4. The Morgan fingerprint density at radius 1 is 0.912 bits per heavy atom. The minimum Gasteiger partial charge on any atom is -0.366 e. The van der Waals surface area contributed by atoms with Crippen LogP contribution in [0.1, 0.15) is 21.5 Å². The van der Waals surface area contributed by atoms with E-state index in [1.165, 1.54) is 0 Å². The van der Waals surface area contributed by atoms with E-state index in [2.05, 4.69) is 6.07 Å². The van der Waals surface area contributed by atoms with E-state index in [-0.39, 0.29) is 17.7 Å². The molecule has 5 aromatic rings. The predicted molar refractivity (Wildman–Crippen MR) is 123 cm³/mol. The van der Waals surface area contributed by atoms with E-state index in [4.69, 9.17) is 5.73 Å². The third-order valence-corrected chi connectivity index (χ3v) is 5.88. The molecule has 1 heterocycles. The number of carbonyl (C=O) groups excluding carboxylic acids is 1. The zero-order valence-electron chi connectivity index (χ0n) is 17.7. The average molecular weight is 461 g/mol. The van der Waals surface area contributed by atoms with Crippen LogP contribution in [0.25, 0.3) is 32.9 Å². The number of halogens is 4. The number of nitrogens with two attached hydrogens (primary N) is 1. The van der Waals surface area contributed by atoms with Crippen molar-refractivity contribution in [2.24, 2.45) is 5.73 Å². The van der Waals surface area contributed by atoms with Crippen molar-refractivity contribution >= 4 is 27.7 Å². The van der Waals surface area contributed by atoms with Crippen LogP contribution >= 0.6 is 0 Å². The fraction of sp³-hybridized carbons (Fsp3) is 0.0741. The molecular formula is C27H17F4N2O. The molecule has 0 bridgehead atoms. The number of amides is 1. The van der Waals surface area contributed by atoms with Crippen LogP contribution < -0.4 is 5.73 Å². The SMILES string of the molecule is NC(=O)c1cccc2c1c1[c]cc(-c3ccccc3)cc1n2Cc1ccc(C(F)(F)F)cc1F. The Hall–Kier alpha value is -4.13. The van der Waals surface area contributed by atoms with Gasteiger partial charge in [0, 0.05) is 21.9 Å². The number of aromatic nitrogens is 1. The van der Waals surface area contributed by atoms with Gasteiger partial charge in [-0.15, -0.1) is 0 Å². The van der Waals surface area contributed by atoms with Gasteiger partial charge in [0.05, 0.1) is 23.1 Å². The monoisotopic (exact) mass is 461 g/mol. The van der Waals surface area contributed by atoms with Crippen LogP contribution in [-0.4, -0.2) is 10.5 Å². The fourth-order valence-corrected chi connectivity index (χ4v) is 4.25. The first kappa shape index (κ1) is 21.7. The van der Waals surface area contributed by atoms with Crippen molar-refractivity contribution in [3.63, 3.8) is 0 Å². The largest absolute Gasteiger partial charge is 0.416 e. The average Bonchev–Trinajstić information content (AvgIpc) is 3.13. The molecule has 0 saturated carbocycles. The number of benzene rings is 4. The van der Waals surface area contributed by atoms with Crippen LogP contribution in [0, 0.1) is 11.9 Å². The minimum atomic E-state index is -4.64. The molecule has 34 heavy (non-hydrogen) atoms. The summed E-state index contributed by atoms with van der Waals surface area (Å²) in [6.45, 7) is -0.0434. The summed E-state index contributed by atoms with van der Waals surface area (Å²) in [4.78, 5) is 12.1. The molecule has 0 aliphatic rings. The summed E-state index contributed by atoms with van der Waals surface area (Å²) in [6.07, 6.45) is -4.64. The van der Waals surface area contributed by atoms with Gasteiger partial charge in [0.15, 0.2) is 0 Å². The molecule has 0 saturated heterocycles. The quantitative estimate of drug-likeness (QED) is 0.303. The van der Waals surface area contributed by atoms with Gasteiger partial charge in [-0.2, -0.15) is 13.2 Å². The number of alkyl halides is 3. The van der Waals surface area contributed by atoms with Crippen LogP contribution in [0.3, 0.4) is 0 Å². The maximum absolute atomic E-state index is 14.7. The van der Waals surface area contributed by atoms with Crippen molar-refractivity contribution in [2.75, 3.05) is 0 Å². The van der Waals surface area contributed by atoms with Crippen molar-refractivity contribution in [2.45, 2.75) is 12.7 Å². The van der Waals surface area contributed by atoms with E-state index in [9.17, 15) is 22.4 Å². The second-order valence-electron chi connectivity index (χ2n) is 7.97. The van der Waals surface area contributed by atoms with Crippen LogP contribution in [0.4, 0.5) is 17.6 Å². The number of rotatable bonds is 4. The molecule has 5 rings (SSSR count). The molecule has 0 aliphatic heterocycles. The number of fused-ring (bicyclic) bond motifs is 3.